The maximum Gasteiger partial charge on any atom is 0.265 e. The van der Waals surface area contributed by atoms with Gasteiger partial charge in [-0.3, -0.25) is 4.79 Å². The molecule has 0 aliphatic carbocycles. The lowest BCUT2D eigenvalue weighted by Gasteiger charge is -2.06. The van der Waals surface area contributed by atoms with Crippen molar-refractivity contribution in [3.63, 3.8) is 0 Å². The van der Waals surface area contributed by atoms with Crippen LogP contribution < -0.4 is 11.1 Å². The third-order valence-corrected chi connectivity index (χ3v) is 4.22. The molecule has 0 atom stereocenters. The summed E-state index contributed by atoms with van der Waals surface area (Å²) in [6, 6.07) is 17.5. The lowest BCUT2D eigenvalue weighted by atomic mass is 10.1. The molecule has 110 valence electrons. The number of carbonyl (C=O) groups is 1. The van der Waals surface area contributed by atoms with Gasteiger partial charge in [-0.25, -0.2) is 0 Å². The zero-order valence-electron chi connectivity index (χ0n) is 12.2. The number of benzene rings is 2. The highest BCUT2D eigenvalue weighted by Crippen LogP contribution is 2.26. The molecule has 4 heteroatoms. The standard InChI is InChI=1S/C18H16N2OS/c1-12-7-15(19)10-16(8-12)20-18(21)17-9-14(11-22-17)13-5-3-2-4-6-13/h2-11H,19H2,1H3,(H,20,21). The molecule has 1 aromatic heterocycles. The molecule has 0 saturated heterocycles. The Morgan fingerprint density at radius 3 is 2.55 bits per heavy atom. The zero-order chi connectivity index (χ0) is 15.5. The molecule has 3 rings (SSSR count). The van der Waals surface area contributed by atoms with E-state index in [1.54, 1.807) is 6.07 Å². The van der Waals surface area contributed by atoms with Crippen LogP contribution in [-0.2, 0) is 0 Å². The summed E-state index contributed by atoms with van der Waals surface area (Å²) in [7, 11) is 0. The lowest BCUT2D eigenvalue weighted by molar-refractivity contribution is 0.103. The third-order valence-electron chi connectivity index (χ3n) is 3.29. The molecule has 0 bridgehead atoms. The maximum atomic E-state index is 12.3. The second-order valence-corrected chi connectivity index (χ2v) is 6.06. The van der Waals surface area contributed by atoms with Crippen LogP contribution in [0.5, 0.6) is 0 Å². The van der Waals surface area contributed by atoms with E-state index in [2.05, 4.69) is 5.32 Å². The number of carbonyl (C=O) groups excluding carboxylic acids is 1. The van der Waals surface area contributed by atoms with Gasteiger partial charge in [-0.2, -0.15) is 0 Å². The summed E-state index contributed by atoms with van der Waals surface area (Å²) in [5.41, 5.74) is 10.4. The van der Waals surface area contributed by atoms with Crippen LogP contribution in [0, 0.1) is 6.92 Å². The number of hydrogen-bond acceptors (Lipinski definition) is 3. The van der Waals surface area contributed by atoms with Crippen molar-refractivity contribution in [1.29, 1.82) is 0 Å². The molecule has 0 aliphatic heterocycles. The summed E-state index contributed by atoms with van der Waals surface area (Å²) in [5, 5.41) is 4.89. The van der Waals surface area contributed by atoms with Crippen LogP contribution in [0.15, 0.2) is 60.0 Å². The smallest absolute Gasteiger partial charge is 0.265 e. The average Bonchev–Trinajstić information content (AvgIpc) is 2.97. The molecule has 1 heterocycles. The molecule has 0 spiro atoms. The van der Waals surface area contributed by atoms with Crippen LogP contribution in [0.4, 0.5) is 11.4 Å². The first-order chi connectivity index (χ1) is 10.6. The van der Waals surface area contributed by atoms with Gasteiger partial charge in [-0.15, -0.1) is 11.3 Å². The summed E-state index contributed by atoms with van der Waals surface area (Å²) < 4.78 is 0. The molecule has 0 aliphatic rings. The molecule has 3 nitrogen and oxygen atoms in total. The maximum absolute atomic E-state index is 12.3. The summed E-state index contributed by atoms with van der Waals surface area (Å²) in [6.07, 6.45) is 0. The fourth-order valence-corrected chi connectivity index (χ4v) is 3.13. The highest BCUT2D eigenvalue weighted by molar-refractivity contribution is 7.12. The Bertz CT molecular complexity index is 789. The Morgan fingerprint density at radius 2 is 1.82 bits per heavy atom. The number of nitrogens with one attached hydrogen (secondary N) is 1. The molecule has 3 aromatic rings. The Labute approximate surface area is 133 Å². The monoisotopic (exact) mass is 308 g/mol. The predicted molar refractivity (Wildman–Crippen MR) is 93.3 cm³/mol. The SMILES string of the molecule is Cc1cc(N)cc(NC(=O)c2cc(-c3ccccc3)cs2)c1. The second kappa shape index (κ2) is 6.03. The molecule has 0 fully saturated rings. The van der Waals surface area contributed by atoms with Crippen molar-refractivity contribution in [2.45, 2.75) is 6.92 Å². The fraction of sp³-hybridized carbons (Fsp3) is 0.0556. The van der Waals surface area contributed by atoms with Crippen LogP contribution >= 0.6 is 11.3 Å². The van der Waals surface area contributed by atoms with Gasteiger partial charge in [0.25, 0.3) is 5.91 Å². The van der Waals surface area contributed by atoms with E-state index >= 15 is 0 Å². The van der Waals surface area contributed by atoms with Gasteiger partial charge in [0.05, 0.1) is 4.88 Å². The minimum atomic E-state index is -0.114. The van der Waals surface area contributed by atoms with Gasteiger partial charge in [-0.05, 0) is 53.3 Å². The van der Waals surface area contributed by atoms with Crippen LogP contribution in [0.3, 0.4) is 0 Å². The first-order valence-electron chi connectivity index (χ1n) is 6.94. The zero-order valence-corrected chi connectivity index (χ0v) is 13.0. The van der Waals surface area contributed by atoms with E-state index in [-0.39, 0.29) is 5.91 Å². The van der Waals surface area contributed by atoms with E-state index in [0.717, 1.165) is 22.4 Å². The average molecular weight is 308 g/mol. The van der Waals surface area contributed by atoms with Gasteiger partial charge in [-0.1, -0.05) is 30.3 Å². The predicted octanol–water partition coefficient (Wildman–Crippen LogP) is 4.56. The Kier molecular flexibility index (Phi) is 3.94. The second-order valence-electron chi connectivity index (χ2n) is 5.15. The minimum Gasteiger partial charge on any atom is -0.399 e. The number of amides is 1. The van der Waals surface area contributed by atoms with E-state index < -0.39 is 0 Å². The molecular weight excluding hydrogens is 292 g/mol. The first kappa shape index (κ1) is 14.4. The third kappa shape index (κ3) is 3.18. The number of rotatable bonds is 3. The van der Waals surface area contributed by atoms with Crippen LogP contribution in [-0.4, -0.2) is 5.91 Å². The van der Waals surface area contributed by atoms with Gasteiger partial charge in [0.2, 0.25) is 0 Å². The van der Waals surface area contributed by atoms with Gasteiger partial charge in [0, 0.05) is 11.4 Å². The molecule has 2 aromatic carbocycles. The minimum absolute atomic E-state index is 0.114. The van der Waals surface area contributed by atoms with Gasteiger partial charge in [0.15, 0.2) is 0 Å². The summed E-state index contributed by atoms with van der Waals surface area (Å²) in [5.74, 6) is -0.114. The molecule has 0 saturated carbocycles. The summed E-state index contributed by atoms with van der Waals surface area (Å²) in [6.45, 7) is 1.95. The number of aryl methyl sites for hydroxylation is 1. The summed E-state index contributed by atoms with van der Waals surface area (Å²) >= 11 is 1.44. The van der Waals surface area contributed by atoms with Crippen molar-refractivity contribution in [2.75, 3.05) is 11.1 Å². The van der Waals surface area contributed by atoms with Crippen molar-refractivity contribution >= 4 is 28.6 Å². The van der Waals surface area contributed by atoms with E-state index in [1.807, 2.05) is 60.8 Å². The largest absolute Gasteiger partial charge is 0.399 e. The Morgan fingerprint density at radius 1 is 1.05 bits per heavy atom. The van der Waals surface area contributed by atoms with Gasteiger partial charge in [0.1, 0.15) is 0 Å². The quantitative estimate of drug-likeness (QED) is 0.697. The molecule has 1 amide bonds. The van der Waals surface area contributed by atoms with Crippen molar-refractivity contribution in [3.05, 3.63) is 70.4 Å². The topological polar surface area (TPSA) is 55.1 Å². The molecule has 22 heavy (non-hydrogen) atoms. The van der Waals surface area contributed by atoms with Crippen LogP contribution in [0.2, 0.25) is 0 Å². The Hall–Kier alpha value is -2.59. The Balaban J connectivity index is 1.80. The number of nitrogens with two attached hydrogens (primary N) is 1. The van der Waals surface area contributed by atoms with Crippen molar-refractivity contribution in [2.24, 2.45) is 0 Å². The first-order valence-corrected chi connectivity index (χ1v) is 7.82. The normalized spacial score (nSPS) is 10.4. The van der Waals surface area contributed by atoms with Crippen molar-refractivity contribution < 1.29 is 4.79 Å². The number of hydrogen-bond donors (Lipinski definition) is 2. The molecule has 0 unspecified atom stereocenters. The van der Waals surface area contributed by atoms with Crippen LogP contribution in [0.1, 0.15) is 15.2 Å². The van der Waals surface area contributed by atoms with Crippen molar-refractivity contribution in [1.82, 2.24) is 0 Å². The molecular formula is C18H16N2OS. The van der Waals surface area contributed by atoms with Gasteiger partial charge >= 0.3 is 0 Å². The highest BCUT2D eigenvalue weighted by atomic mass is 32.1. The van der Waals surface area contributed by atoms with E-state index in [9.17, 15) is 4.79 Å². The van der Waals surface area contributed by atoms with E-state index in [4.69, 9.17) is 5.73 Å². The number of anilines is 2. The summed E-state index contributed by atoms with van der Waals surface area (Å²) in [4.78, 5) is 13.0. The molecule has 3 N–H and O–H groups in total. The molecule has 0 radical (unpaired) electrons. The number of nitrogen functional groups attached to an aromatic ring is 1. The lowest BCUT2D eigenvalue weighted by Crippen LogP contribution is -2.10. The van der Waals surface area contributed by atoms with Gasteiger partial charge < -0.3 is 11.1 Å². The van der Waals surface area contributed by atoms with E-state index in [0.29, 0.717) is 10.6 Å². The van der Waals surface area contributed by atoms with E-state index in [1.165, 1.54) is 11.3 Å². The number of thiophene rings is 1. The highest BCUT2D eigenvalue weighted by Gasteiger charge is 2.11. The fourth-order valence-electron chi connectivity index (χ4n) is 2.31. The van der Waals surface area contributed by atoms with Crippen LogP contribution in [0.25, 0.3) is 11.1 Å². The van der Waals surface area contributed by atoms with Crippen molar-refractivity contribution in [3.8, 4) is 11.1 Å².